The summed E-state index contributed by atoms with van der Waals surface area (Å²) in [5, 5.41) is 9.68. The molecule has 3 aromatic carbocycles. The molecule has 0 aromatic heterocycles. The van der Waals surface area contributed by atoms with Crippen molar-refractivity contribution in [3.05, 3.63) is 82.4 Å². The molecule has 1 unspecified atom stereocenters. The van der Waals surface area contributed by atoms with Crippen LogP contribution in [0.5, 0.6) is 23.0 Å². The molecule has 0 bridgehead atoms. The van der Waals surface area contributed by atoms with Gasteiger partial charge in [0.25, 0.3) is 0 Å². The average molecular weight is 517 g/mol. The zero-order valence-electron chi connectivity index (χ0n) is 19.1. The van der Waals surface area contributed by atoms with E-state index in [1.165, 1.54) is 12.1 Å². The lowest BCUT2D eigenvalue weighted by Gasteiger charge is -2.24. The van der Waals surface area contributed by atoms with Crippen LogP contribution < -0.4 is 14.2 Å². The highest BCUT2D eigenvalue weighted by atomic mass is 35.5. The molecule has 9 heteroatoms. The molecule has 0 radical (unpaired) electrons. The number of fused-ring (bicyclic) bond motifs is 1. The van der Waals surface area contributed by atoms with Gasteiger partial charge in [-0.25, -0.2) is 0 Å². The molecule has 1 atom stereocenters. The van der Waals surface area contributed by atoms with Crippen LogP contribution in [0.1, 0.15) is 46.7 Å². The monoisotopic (exact) mass is 516 g/mol. The highest BCUT2D eigenvalue weighted by Crippen LogP contribution is 2.41. The van der Waals surface area contributed by atoms with E-state index < -0.39 is 18.5 Å². The van der Waals surface area contributed by atoms with Gasteiger partial charge in [0.2, 0.25) is 0 Å². The number of rotatable bonds is 10. The fraction of sp³-hybridized carbons (Fsp3) is 0.259. The SMILES string of the molecule is O=C(CCCc1ccc(OC(F)F)cc1)c1ccc(Oc2cc3c(cc2Cl)C(C(=O)O)CCO3)cc1. The first-order valence-corrected chi connectivity index (χ1v) is 11.7. The Morgan fingerprint density at radius 3 is 2.42 bits per heavy atom. The molecular weight excluding hydrogens is 494 g/mol. The van der Waals surface area contributed by atoms with Crippen molar-refractivity contribution in [3.63, 3.8) is 0 Å². The minimum absolute atomic E-state index is 0.0286. The first-order chi connectivity index (χ1) is 17.3. The Bertz CT molecular complexity index is 1230. The summed E-state index contributed by atoms with van der Waals surface area (Å²) in [7, 11) is 0. The molecule has 0 amide bonds. The highest BCUT2D eigenvalue weighted by Gasteiger charge is 2.29. The molecule has 6 nitrogen and oxygen atoms in total. The fourth-order valence-electron chi connectivity index (χ4n) is 4.00. The summed E-state index contributed by atoms with van der Waals surface area (Å²) in [6.07, 6.45) is 1.93. The van der Waals surface area contributed by atoms with Gasteiger partial charge >= 0.3 is 12.6 Å². The first-order valence-electron chi connectivity index (χ1n) is 11.3. The lowest BCUT2D eigenvalue weighted by atomic mass is 9.93. The number of hydrogen-bond donors (Lipinski definition) is 1. The van der Waals surface area contributed by atoms with E-state index >= 15 is 0 Å². The van der Waals surface area contributed by atoms with Crippen molar-refractivity contribution in [2.75, 3.05) is 6.61 Å². The first kappa shape index (κ1) is 25.4. The normalized spacial score (nSPS) is 14.6. The van der Waals surface area contributed by atoms with Crippen LogP contribution in [0.3, 0.4) is 0 Å². The molecule has 0 fully saturated rings. The van der Waals surface area contributed by atoms with Gasteiger partial charge in [-0.15, -0.1) is 0 Å². The van der Waals surface area contributed by atoms with Crippen LogP contribution in [0.2, 0.25) is 5.02 Å². The third-order valence-corrected chi connectivity index (χ3v) is 6.12. The van der Waals surface area contributed by atoms with Crippen LogP contribution in [0.4, 0.5) is 8.78 Å². The van der Waals surface area contributed by atoms with Crippen molar-refractivity contribution < 1.29 is 37.7 Å². The largest absolute Gasteiger partial charge is 0.493 e. The van der Waals surface area contributed by atoms with Crippen molar-refractivity contribution in [1.82, 2.24) is 0 Å². The van der Waals surface area contributed by atoms with E-state index in [1.54, 1.807) is 48.5 Å². The summed E-state index contributed by atoms with van der Waals surface area (Å²) < 4.78 is 40.2. The average Bonchev–Trinajstić information content (AvgIpc) is 2.85. The number of alkyl halides is 2. The lowest BCUT2D eigenvalue weighted by Crippen LogP contribution is -2.20. The van der Waals surface area contributed by atoms with Crippen LogP contribution in [-0.2, 0) is 11.2 Å². The van der Waals surface area contributed by atoms with Crippen LogP contribution in [-0.4, -0.2) is 30.1 Å². The molecule has 1 aliphatic rings. The van der Waals surface area contributed by atoms with Gasteiger partial charge in [-0.1, -0.05) is 23.7 Å². The Labute approximate surface area is 211 Å². The van der Waals surface area contributed by atoms with Crippen LogP contribution in [0.15, 0.2) is 60.7 Å². The van der Waals surface area contributed by atoms with Gasteiger partial charge in [-0.3, -0.25) is 9.59 Å². The molecule has 0 saturated carbocycles. The van der Waals surface area contributed by atoms with E-state index in [0.717, 1.165) is 5.56 Å². The number of carbonyl (C=O) groups is 2. The number of carboxylic acids is 1. The van der Waals surface area contributed by atoms with Crippen molar-refractivity contribution in [2.45, 2.75) is 38.2 Å². The van der Waals surface area contributed by atoms with Gasteiger partial charge in [0.05, 0.1) is 17.5 Å². The Morgan fingerprint density at radius 2 is 1.75 bits per heavy atom. The molecule has 1 N–H and O–H groups in total. The molecule has 1 aliphatic heterocycles. The number of carboxylic acid groups (broad SMARTS) is 1. The number of aryl methyl sites for hydroxylation is 1. The second-order valence-electron chi connectivity index (χ2n) is 8.27. The Morgan fingerprint density at radius 1 is 1.06 bits per heavy atom. The maximum Gasteiger partial charge on any atom is 0.387 e. The van der Waals surface area contributed by atoms with E-state index in [9.17, 15) is 23.5 Å². The summed E-state index contributed by atoms with van der Waals surface area (Å²) in [5.41, 5.74) is 1.98. The van der Waals surface area contributed by atoms with E-state index in [4.69, 9.17) is 21.1 Å². The van der Waals surface area contributed by atoms with Gasteiger partial charge in [0, 0.05) is 23.6 Å². The molecule has 3 aromatic rings. The molecule has 0 saturated heterocycles. The molecule has 1 heterocycles. The zero-order valence-corrected chi connectivity index (χ0v) is 19.8. The number of carbonyl (C=O) groups excluding carboxylic acids is 1. The molecule has 188 valence electrons. The number of hydrogen-bond acceptors (Lipinski definition) is 5. The Balaban J connectivity index is 1.32. The van der Waals surface area contributed by atoms with Gasteiger partial charge in [0.1, 0.15) is 23.0 Å². The van der Waals surface area contributed by atoms with Gasteiger partial charge in [-0.05, 0) is 67.3 Å². The number of aliphatic carboxylic acids is 1. The van der Waals surface area contributed by atoms with Gasteiger partial charge < -0.3 is 19.3 Å². The van der Waals surface area contributed by atoms with Crippen molar-refractivity contribution in [3.8, 4) is 23.0 Å². The van der Waals surface area contributed by atoms with Gasteiger partial charge in [-0.2, -0.15) is 8.78 Å². The van der Waals surface area contributed by atoms with E-state index in [-0.39, 0.29) is 16.6 Å². The van der Waals surface area contributed by atoms with Crippen LogP contribution >= 0.6 is 11.6 Å². The number of halogens is 3. The molecule has 0 aliphatic carbocycles. The molecule has 4 rings (SSSR count). The predicted octanol–water partition coefficient (Wildman–Crippen LogP) is 6.89. The summed E-state index contributed by atoms with van der Waals surface area (Å²) in [5.74, 6) is -0.321. The predicted molar refractivity (Wildman–Crippen MR) is 129 cm³/mol. The maximum absolute atomic E-state index is 12.6. The standard InChI is InChI=1S/C27H23ClF2O6/c28-22-14-21-20(26(32)33)12-13-34-24(21)15-25(22)35-18-10-6-17(7-11-18)23(31)3-1-2-16-4-8-19(9-5-16)36-27(29)30/h4-11,14-15,20,27H,1-3,12-13H2,(H,32,33). The van der Waals surface area contributed by atoms with Crippen molar-refractivity contribution >= 4 is 23.4 Å². The minimum Gasteiger partial charge on any atom is -0.493 e. The van der Waals surface area contributed by atoms with E-state index in [1.807, 2.05) is 0 Å². The molecular formula is C27H23ClF2O6. The lowest BCUT2D eigenvalue weighted by molar-refractivity contribution is -0.139. The maximum atomic E-state index is 12.6. The van der Waals surface area contributed by atoms with Crippen molar-refractivity contribution in [1.29, 1.82) is 0 Å². The number of ketones is 1. The number of Topliss-reactive ketones (excluding diaryl/α,β-unsaturated/α-hetero) is 1. The topological polar surface area (TPSA) is 82.1 Å². The minimum atomic E-state index is -2.86. The Hall–Kier alpha value is -3.65. The summed E-state index contributed by atoms with van der Waals surface area (Å²) in [4.78, 5) is 24.0. The third kappa shape index (κ3) is 6.31. The smallest absolute Gasteiger partial charge is 0.387 e. The summed E-state index contributed by atoms with van der Waals surface area (Å²) in [6, 6.07) is 16.1. The summed E-state index contributed by atoms with van der Waals surface area (Å²) in [6.45, 7) is -2.57. The third-order valence-electron chi connectivity index (χ3n) is 5.82. The van der Waals surface area contributed by atoms with E-state index in [0.29, 0.717) is 60.7 Å². The van der Waals surface area contributed by atoms with Crippen molar-refractivity contribution in [2.24, 2.45) is 0 Å². The quantitative estimate of drug-likeness (QED) is 0.295. The summed E-state index contributed by atoms with van der Waals surface area (Å²) >= 11 is 6.33. The fourth-order valence-corrected chi connectivity index (χ4v) is 4.21. The Kier molecular flexibility index (Phi) is 8.05. The number of benzene rings is 3. The van der Waals surface area contributed by atoms with Crippen LogP contribution in [0.25, 0.3) is 0 Å². The second kappa shape index (κ2) is 11.4. The second-order valence-corrected chi connectivity index (χ2v) is 8.68. The molecule has 0 spiro atoms. The van der Waals surface area contributed by atoms with Gasteiger partial charge in [0.15, 0.2) is 5.78 Å². The van der Waals surface area contributed by atoms with Crippen LogP contribution in [0, 0.1) is 0 Å². The highest BCUT2D eigenvalue weighted by molar-refractivity contribution is 6.32. The zero-order chi connectivity index (χ0) is 25.7. The van der Waals surface area contributed by atoms with E-state index in [2.05, 4.69) is 4.74 Å². The number of ether oxygens (including phenoxy) is 3. The molecule has 36 heavy (non-hydrogen) atoms.